The molecule has 0 unspecified atom stereocenters. The summed E-state index contributed by atoms with van der Waals surface area (Å²) in [4.78, 5) is 16.5. The van der Waals surface area contributed by atoms with Gasteiger partial charge in [0.15, 0.2) is 5.75 Å². The standard InChI is InChI=1S/C27H20N4O.Fe/c1-32-27-25-16-23-12-10-21(30-23)14-19-8-7-18(28-19)13-20-9-11-22(29-20)15-24(31-25)26(27)17-5-3-2-4-6-17;/h2-16,28,31H,1H3;. The van der Waals surface area contributed by atoms with Crippen LogP contribution < -0.4 is 4.74 Å². The molecule has 0 fully saturated rings. The molecule has 5 nitrogen and oxygen atoms in total. The summed E-state index contributed by atoms with van der Waals surface area (Å²) in [5.41, 5.74) is 9.42. The van der Waals surface area contributed by atoms with Crippen molar-refractivity contribution in [2.45, 2.75) is 0 Å². The number of methoxy groups -OCH3 is 1. The monoisotopic (exact) mass is 472 g/mol. The SMILES string of the molecule is COc1c(-c2ccccc2)c2cc3nc(cc4ccc(cc5nc(cc1[nH]2)C=C5)[nH]4)C=C3.[Fe]. The summed E-state index contributed by atoms with van der Waals surface area (Å²) in [6.45, 7) is 0. The quantitative estimate of drug-likeness (QED) is 0.290. The van der Waals surface area contributed by atoms with Gasteiger partial charge in [0.25, 0.3) is 0 Å². The van der Waals surface area contributed by atoms with Crippen molar-refractivity contribution < 1.29 is 21.8 Å². The van der Waals surface area contributed by atoms with Gasteiger partial charge >= 0.3 is 0 Å². The maximum Gasteiger partial charge on any atom is 0.152 e. The predicted molar refractivity (Wildman–Crippen MR) is 131 cm³/mol. The average Bonchev–Trinajstić information content (AvgIpc) is 3.58. The predicted octanol–water partition coefficient (Wildman–Crippen LogP) is 6.33. The van der Waals surface area contributed by atoms with Crippen LogP contribution >= 0.6 is 0 Å². The number of aromatic nitrogens is 4. The van der Waals surface area contributed by atoms with E-state index in [1.165, 1.54) is 0 Å². The second-order valence-electron chi connectivity index (χ2n) is 7.76. The van der Waals surface area contributed by atoms with Gasteiger partial charge in [-0.1, -0.05) is 30.3 Å². The van der Waals surface area contributed by atoms with Gasteiger partial charge in [-0.2, -0.15) is 0 Å². The summed E-state index contributed by atoms with van der Waals surface area (Å²) in [5.74, 6) is 0.784. The molecule has 0 radical (unpaired) electrons. The van der Waals surface area contributed by atoms with Crippen molar-refractivity contribution in [2.24, 2.45) is 0 Å². The Labute approximate surface area is 201 Å². The topological polar surface area (TPSA) is 66.6 Å². The normalized spacial score (nSPS) is 11.9. The van der Waals surface area contributed by atoms with Crippen LogP contribution in [0.4, 0.5) is 0 Å². The molecule has 162 valence electrons. The second kappa shape index (κ2) is 8.58. The van der Waals surface area contributed by atoms with Gasteiger partial charge in [0.05, 0.1) is 40.9 Å². The van der Waals surface area contributed by atoms with Crippen molar-refractivity contribution in [1.82, 2.24) is 19.9 Å². The maximum absolute atomic E-state index is 5.88. The van der Waals surface area contributed by atoms with Crippen molar-refractivity contribution >= 4 is 46.4 Å². The molecule has 0 atom stereocenters. The summed E-state index contributed by atoms with van der Waals surface area (Å²) >= 11 is 0. The van der Waals surface area contributed by atoms with E-state index in [-0.39, 0.29) is 17.1 Å². The third-order valence-corrected chi connectivity index (χ3v) is 5.57. The number of hydrogen-bond donors (Lipinski definition) is 2. The molecule has 1 aromatic carbocycles. The minimum atomic E-state index is 0. The van der Waals surface area contributed by atoms with Gasteiger partial charge in [0.1, 0.15) is 0 Å². The van der Waals surface area contributed by atoms with Gasteiger partial charge < -0.3 is 14.7 Å². The van der Waals surface area contributed by atoms with Crippen molar-refractivity contribution in [2.75, 3.05) is 7.11 Å². The first-order chi connectivity index (χ1) is 15.7. The van der Waals surface area contributed by atoms with Gasteiger partial charge in [-0.25, -0.2) is 9.97 Å². The molecule has 2 aliphatic heterocycles. The van der Waals surface area contributed by atoms with Crippen molar-refractivity contribution in [1.29, 1.82) is 0 Å². The Morgan fingerprint density at radius 2 is 1.18 bits per heavy atom. The molecule has 0 aliphatic carbocycles. The smallest absolute Gasteiger partial charge is 0.152 e. The van der Waals surface area contributed by atoms with E-state index in [1.54, 1.807) is 7.11 Å². The number of nitrogens with zero attached hydrogens (tertiary/aromatic N) is 2. The third kappa shape index (κ3) is 4.02. The Kier molecular flexibility index (Phi) is 5.46. The summed E-state index contributed by atoms with van der Waals surface area (Å²) in [6, 6.07) is 22.5. The Bertz CT molecular complexity index is 1560. The van der Waals surface area contributed by atoms with E-state index in [0.29, 0.717) is 0 Å². The molecule has 2 N–H and O–H groups in total. The number of rotatable bonds is 2. The summed E-state index contributed by atoms with van der Waals surface area (Å²) < 4.78 is 5.88. The van der Waals surface area contributed by atoms with E-state index in [2.05, 4.69) is 28.2 Å². The Morgan fingerprint density at radius 1 is 0.636 bits per heavy atom. The number of fused-ring (bicyclic) bond motifs is 8. The van der Waals surface area contributed by atoms with Crippen LogP contribution in [0.25, 0.3) is 57.5 Å². The molecule has 6 heteroatoms. The first kappa shape index (κ1) is 21.0. The van der Waals surface area contributed by atoms with Gasteiger partial charge in [0.2, 0.25) is 0 Å². The minimum Gasteiger partial charge on any atom is -0.494 e. The molecule has 0 amide bonds. The molecule has 8 bridgehead atoms. The molecule has 33 heavy (non-hydrogen) atoms. The fourth-order valence-corrected chi connectivity index (χ4v) is 4.16. The first-order valence-electron chi connectivity index (χ1n) is 10.5. The largest absolute Gasteiger partial charge is 0.494 e. The van der Waals surface area contributed by atoms with Crippen molar-refractivity contribution in [3.63, 3.8) is 0 Å². The molecule has 2 aliphatic rings. The molecule has 0 saturated heterocycles. The van der Waals surface area contributed by atoms with Crippen LogP contribution in [0.1, 0.15) is 22.8 Å². The minimum absolute atomic E-state index is 0. The number of aromatic amines is 2. The fraction of sp³-hybridized carbons (Fsp3) is 0.0370. The van der Waals surface area contributed by atoms with Gasteiger partial charge in [-0.15, -0.1) is 0 Å². The fourth-order valence-electron chi connectivity index (χ4n) is 4.16. The number of nitrogens with one attached hydrogen (secondary N) is 2. The van der Waals surface area contributed by atoms with E-state index in [4.69, 9.17) is 14.7 Å². The summed E-state index contributed by atoms with van der Waals surface area (Å²) in [6.07, 6.45) is 8.07. The van der Waals surface area contributed by atoms with Crippen LogP contribution in [0.3, 0.4) is 0 Å². The Hall–Kier alpha value is -3.86. The number of H-pyrrole nitrogens is 2. The van der Waals surface area contributed by atoms with E-state index < -0.39 is 0 Å². The number of ether oxygens (including phenoxy) is 1. The number of hydrogen-bond acceptors (Lipinski definition) is 3. The first-order valence-corrected chi connectivity index (χ1v) is 10.5. The molecule has 4 aromatic rings. The Balaban J connectivity index is 0.00000228. The molecular weight excluding hydrogens is 452 g/mol. The zero-order valence-electron chi connectivity index (χ0n) is 17.8. The van der Waals surface area contributed by atoms with Crippen molar-refractivity contribution in [3.05, 3.63) is 89.5 Å². The van der Waals surface area contributed by atoms with Gasteiger partial charge in [0, 0.05) is 33.7 Å². The Morgan fingerprint density at radius 3 is 1.76 bits per heavy atom. The van der Waals surface area contributed by atoms with Gasteiger partial charge in [-0.3, -0.25) is 0 Å². The van der Waals surface area contributed by atoms with Crippen LogP contribution in [-0.2, 0) is 17.1 Å². The average molecular weight is 472 g/mol. The van der Waals surface area contributed by atoms with Crippen LogP contribution in [-0.4, -0.2) is 27.0 Å². The van der Waals surface area contributed by atoms with E-state index in [1.807, 2.05) is 72.8 Å². The van der Waals surface area contributed by atoms with Crippen LogP contribution in [0, 0.1) is 0 Å². The van der Waals surface area contributed by atoms with Crippen molar-refractivity contribution in [3.8, 4) is 16.9 Å². The third-order valence-electron chi connectivity index (χ3n) is 5.57. The summed E-state index contributed by atoms with van der Waals surface area (Å²) in [7, 11) is 1.70. The molecule has 0 spiro atoms. The van der Waals surface area contributed by atoms with Gasteiger partial charge in [-0.05, 0) is 66.3 Å². The van der Waals surface area contributed by atoms with Crippen LogP contribution in [0.5, 0.6) is 5.75 Å². The zero-order chi connectivity index (χ0) is 21.5. The molecular formula is C27H20FeN4O. The van der Waals surface area contributed by atoms with E-state index in [0.717, 1.165) is 61.7 Å². The maximum atomic E-state index is 5.88. The number of benzene rings is 1. The van der Waals surface area contributed by atoms with E-state index >= 15 is 0 Å². The van der Waals surface area contributed by atoms with E-state index in [9.17, 15) is 0 Å². The second-order valence-corrected chi connectivity index (χ2v) is 7.76. The van der Waals surface area contributed by atoms with Crippen LogP contribution in [0.2, 0.25) is 0 Å². The van der Waals surface area contributed by atoms with Crippen LogP contribution in [0.15, 0.2) is 66.7 Å². The molecule has 3 aromatic heterocycles. The molecule has 0 saturated carbocycles. The zero-order valence-corrected chi connectivity index (χ0v) is 18.9. The molecule has 5 heterocycles. The molecule has 6 rings (SSSR count). The summed E-state index contributed by atoms with van der Waals surface area (Å²) in [5, 5.41) is 0.